The number of pyridine rings is 1. The van der Waals surface area contributed by atoms with Gasteiger partial charge in [-0.05, 0) is 37.8 Å². The van der Waals surface area contributed by atoms with Crippen molar-refractivity contribution >= 4 is 5.91 Å². The van der Waals surface area contributed by atoms with E-state index in [0.29, 0.717) is 24.7 Å². The summed E-state index contributed by atoms with van der Waals surface area (Å²) in [6.07, 6.45) is 7.00. The van der Waals surface area contributed by atoms with Crippen molar-refractivity contribution in [3.05, 3.63) is 47.5 Å². The molecular formula is C20H26N4O2. The summed E-state index contributed by atoms with van der Waals surface area (Å²) in [6.45, 7) is 4.84. The highest BCUT2D eigenvalue weighted by Crippen LogP contribution is 2.49. The molecule has 0 spiro atoms. The van der Waals surface area contributed by atoms with Crippen LogP contribution in [0.5, 0.6) is 0 Å². The maximum Gasteiger partial charge on any atom is 0.257 e. The Hall–Kier alpha value is -2.21. The second-order valence-corrected chi connectivity index (χ2v) is 7.80. The van der Waals surface area contributed by atoms with E-state index >= 15 is 0 Å². The Balaban J connectivity index is 1.40. The van der Waals surface area contributed by atoms with E-state index < -0.39 is 0 Å². The van der Waals surface area contributed by atoms with Gasteiger partial charge in [0.25, 0.3) is 5.91 Å². The minimum atomic E-state index is 0.0900. The van der Waals surface area contributed by atoms with Crippen molar-refractivity contribution in [3.63, 3.8) is 0 Å². The molecule has 1 amide bonds. The molecule has 0 unspecified atom stereocenters. The molecule has 1 aliphatic heterocycles. The number of nitrogens with zero attached hydrogens (tertiary/aromatic N) is 4. The molecule has 138 valence electrons. The summed E-state index contributed by atoms with van der Waals surface area (Å²) in [5.74, 6) is 0.626. The van der Waals surface area contributed by atoms with Crippen LogP contribution in [0.2, 0.25) is 0 Å². The van der Waals surface area contributed by atoms with Crippen molar-refractivity contribution in [2.45, 2.75) is 32.8 Å². The lowest BCUT2D eigenvalue weighted by Crippen LogP contribution is -2.34. The highest BCUT2D eigenvalue weighted by Gasteiger charge is 2.50. The molecule has 1 saturated carbocycles. The van der Waals surface area contributed by atoms with E-state index in [1.807, 2.05) is 37.1 Å². The van der Waals surface area contributed by atoms with E-state index in [1.165, 1.54) is 12.8 Å². The smallest absolute Gasteiger partial charge is 0.257 e. The zero-order chi connectivity index (χ0) is 18.1. The average molecular weight is 354 g/mol. The average Bonchev–Trinajstić information content (AvgIpc) is 3.28. The van der Waals surface area contributed by atoms with E-state index in [4.69, 9.17) is 4.74 Å². The second kappa shape index (κ2) is 6.83. The molecule has 0 radical (unpaired) electrons. The van der Waals surface area contributed by atoms with Crippen LogP contribution in [0.1, 0.15) is 41.0 Å². The van der Waals surface area contributed by atoms with E-state index in [1.54, 1.807) is 17.1 Å². The summed E-state index contributed by atoms with van der Waals surface area (Å²) in [7, 11) is 1.84. The monoisotopic (exact) mass is 354 g/mol. The number of aromatic nitrogens is 3. The molecule has 0 bridgehead atoms. The summed E-state index contributed by atoms with van der Waals surface area (Å²) in [4.78, 5) is 19.3. The van der Waals surface area contributed by atoms with Gasteiger partial charge >= 0.3 is 0 Å². The van der Waals surface area contributed by atoms with E-state index in [-0.39, 0.29) is 11.3 Å². The molecule has 2 fully saturated rings. The maximum absolute atomic E-state index is 12.8. The molecule has 26 heavy (non-hydrogen) atoms. The second-order valence-electron chi connectivity index (χ2n) is 7.80. The molecular weight excluding hydrogens is 328 g/mol. The summed E-state index contributed by atoms with van der Waals surface area (Å²) in [5.41, 5.74) is 2.75. The molecule has 6 nitrogen and oxygen atoms in total. The third-order valence-electron chi connectivity index (χ3n) is 5.86. The first-order valence-corrected chi connectivity index (χ1v) is 9.34. The Bertz CT molecular complexity index is 803. The van der Waals surface area contributed by atoms with Crippen LogP contribution in [0.4, 0.5) is 0 Å². The van der Waals surface area contributed by atoms with Gasteiger partial charge in [0.2, 0.25) is 0 Å². The standard InChI is InChI=1S/C20H26N4O2/c1-15-5-3-7-18(22-15)12-26-14-20-8-4-6-17(20)11-24(13-20)19(25)16-9-21-23(2)10-16/h3,5,7,9-10,17H,4,6,8,11-14H2,1-2H3/t17-,20+/m1/s1. The fourth-order valence-corrected chi connectivity index (χ4v) is 4.56. The summed E-state index contributed by atoms with van der Waals surface area (Å²) in [6, 6.07) is 6.01. The first-order chi connectivity index (χ1) is 12.6. The van der Waals surface area contributed by atoms with E-state index in [0.717, 1.165) is 30.9 Å². The molecule has 4 rings (SSSR count). The Morgan fingerprint density at radius 2 is 2.31 bits per heavy atom. The molecule has 2 aliphatic rings. The van der Waals surface area contributed by atoms with Gasteiger partial charge in [0, 0.05) is 37.4 Å². The Labute approximate surface area is 154 Å². The fraction of sp³-hybridized carbons (Fsp3) is 0.550. The van der Waals surface area contributed by atoms with E-state index in [9.17, 15) is 4.79 Å². The number of hydrogen-bond donors (Lipinski definition) is 0. The lowest BCUT2D eigenvalue weighted by Gasteiger charge is -2.28. The van der Waals surface area contributed by atoms with Crippen LogP contribution in [-0.4, -0.2) is 45.3 Å². The number of likely N-dealkylation sites (tertiary alicyclic amines) is 1. The molecule has 1 saturated heterocycles. The summed E-state index contributed by atoms with van der Waals surface area (Å²) < 4.78 is 7.76. The Morgan fingerprint density at radius 3 is 3.08 bits per heavy atom. The van der Waals surface area contributed by atoms with Gasteiger partial charge in [0.05, 0.1) is 30.7 Å². The molecule has 3 heterocycles. The van der Waals surface area contributed by atoms with Crippen molar-refractivity contribution in [2.75, 3.05) is 19.7 Å². The topological polar surface area (TPSA) is 60.2 Å². The van der Waals surface area contributed by atoms with Crippen molar-refractivity contribution in [2.24, 2.45) is 18.4 Å². The number of hydrogen-bond acceptors (Lipinski definition) is 4. The largest absolute Gasteiger partial charge is 0.375 e. The molecule has 0 N–H and O–H groups in total. The number of fused-ring (bicyclic) bond motifs is 1. The van der Waals surface area contributed by atoms with Crippen molar-refractivity contribution in [1.82, 2.24) is 19.7 Å². The number of amides is 1. The van der Waals surface area contributed by atoms with Gasteiger partial charge in [0.1, 0.15) is 0 Å². The first-order valence-electron chi connectivity index (χ1n) is 9.34. The zero-order valence-electron chi connectivity index (χ0n) is 15.5. The van der Waals surface area contributed by atoms with Gasteiger partial charge in [0.15, 0.2) is 0 Å². The summed E-state index contributed by atoms with van der Waals surface area (Å²) in [5, 5.41) is 4.13. The van der Waals surface area contributed by atoms with Gasteiger partial charge < -0.3 is 9.64 Å². The third kappa shape index (κ3) is 3.26. The predicted molar refractivity (Wildman–Crippen MR) is 97.5 cm³/mol. The predicted octanol–water partition coefficient (Wildman–Crippen LogP) is 2.58. The minimum absolute atomic E-state index is 0.0900. The van der Waals surface area contributed by atoms with Crippen LogP contribution >= 0.6 is 0 Å². The Morgan fingerprint density at radius 1 is 1.42 bits per heavy atom. The number of rotatable bonds is 5. The van der Waals surface area contributed by atoms with Gasteiger partial charge in [-0.25, -0.2) is 0 Å². The SMILES string of the molecule is Cc1cccc(COC[C@@]23CCC[C@@H]2CN(C(=O)c2cnn(C)c2)C3)n1. The van der Waals surface area contributed by atoms with Crippen molar-refractivity contribution in [1.29, 1.82) is 0 Å². The Kier molecular flexibility index (Phi) is 4.53. The molecule has 1 aliphatic carbocycles. The van der Waals surface area contributed by atoms with Gasteiger partial charge in [-0.15, -0.1) is 0 Å². The molecule has 0 aromatic carbocycles. The van der Waals surface area contributed by atoms with Crippen LogP contribution in [0, 0.1) is 18.3 Å². The number of aryl methyl sites for hydroxylation is 2. The van der Waals surface area contributed by atoms with Gasteiger partial charge in [-0.2, -0.15) is 5.10 Å². The van der Waals surface area contributed by atoms with Crippen molar-refractivity contribution < 1.29 is 9.53 Å². The van der Waals surface area contributed by atoms with Crippen LogP contribution < -0.4 is 0 Å². The number of ether oxygens (including phenoxy) is 1. The first kappa shape index (κ1) is 17.2. The lowest BCUT2D eigenvalue weighted by atomic mass is 9.81. The number of carbonyl (C=O) groups excluding carboxylic acids is 1. The highest BCUT2D eigenvalue weighted by molar-refractivity contribution is 5.94. The van der Waals surface area contributed by atoms with Crippen LogP contribution in [0.3, 0.4) is 0 Å². The van der Waals surface area contributed by atoms with E-state index in [2.05, 4.69) is 10.1 Å². The van der Waals surface area contributed by atoms with Crippen molar-refractivity contribution in [3.8, 4) is 0 Å². The van der Waals surface area contributed by atoms with Crippen LogP contribution in [0.25, 0.3) is 0 Å². The summed E-state index contributed by atoms with van der Waals surface area (Å²) >= 11 is 0. The quantitative estimate of drug-likeness (QED) is 0.828. The van der Waals surface area contributed by atoms with Crippen LogP contribution in [0.15, 0.2) is 30.6 Å². The maximum atomic E-state index is 12.8. The third-order valence-corrected chi connectivity index (χ3v) is 5.86. The number of carbonyl (C=O) groups is 1. The van der Waals surface area contributed by atoms with Gasteiger partial charge in [-0.1, -0.05) is 12.5 Å². The lowest BCUT2D eigenvalue weighted by molar-refractivity contribution is 0.0252. The molecule has 2 atom stereocenters. The highest BCUT2D eigenvalue weighted by atomic mass is 16.5. The zero-order valence-corrected chi connectivity index (χ0v) is 15.5. The fourth-order valence-electron chi connectivity index (χ4n) is 4.56. The molecule has 2 aromatic heterocycles. The van der Waals surface area contributed by atoms with Gasteiger partial charge in [-0.3, -0.25) is 14.5 Å². The molecule has 6 heteroatoms. The van der Waals surface area contributed by atoms with Crippen LogP contribution in [-0.2, 0) is 18.4 Å². The minimum Gasteiger partial charge on any atom is -0.375 e. The normalized spacial score (nSPS) is 24.8. The molecule has 2 aromatic rings.